The summed E-state index contributed by atoms with van der Waals surface area (Å²) in [5.41, 5.74) is 0.944. The molecule has 0 bridgehead atoms. The van der Waals surface area contributed by atoms with Gasteiger partial charge in [-0.1, -0.05) is 43.2 Å². The quantitative estimate of drug-likeness (QED) is 0.341. The summed E-state index contributed by atoms with van der Waals surface area (Å²) < 4.78 is 15.1. The number of ether oxygens (including phenoxy) is 3. The summed E-state index contributed by atoms with van der Waals surface area (Å²) in [7, 11) is 0. The molecule has 0 aliphatic rings. The molecule has 0 radical (unpaired) electrons. The van der Waals surface area contributed by atoms with Crippen molar-refractivity contribution in [1.29, 1.82) is 0 Å². The zero-order valence-electron chi connectivity index (χ0n) is 16.1. The molecule has 1 aromatic carbocycles. The van der Waals surface area contributed by atoms with Gasteiger partial charge in [0.15, 0.2) is 0 Å². The first-order valence-electron chi connectivity index (χ1n) is 9.18. The molecule has 0 heterocycles. The summed E-state index contributed by atoms with van der Waals surface area (Å²) in [6.45, 7) is 3.98. The number of unbranched alkanes of at least 4 members (excludes halogenated alkanes) is 2. The van der Waals surface area contributed by atoms with Crippen molar-refractivity contribution in [3.05, 3.63) is 35.9 Å². The molecule has 1 rings (SSSR count). The molecule has 0 aliphatic heterocycles. The van der Waals surface area contributed by atoms with Crippen molar-refractivity contribution in [2.45, 2.75) is 46.1 Å². The molecule has 7 heteroatoms. The summed E-state index contributed by atoms with van der Waals surface area (Å²) in [5.74, 6) is -0.705. The van der Waals surface area contributed by atoms with Crippen molar-refractivity contribution in [1.82, 2.24) is 5.32 Å². The third-order valence-electron chi connectivity index (χ3n) is 3.82. The molecular weight excluding hydrogens is 350 g/mol. The van der Waals surface area contributed by atoms with E-state index in [-0.39, 0.29) is 37.7 Å². The number of hydrogen-bond acceptors (Lipinski definition) is 6. The molecule has 0 aliphatic carbocycles. The van der Waals surface area contributed by atoms with E-state index in [1.807, 2.05) is 30.3 Å². The van der Waals surface area contributed by atoms with E-state index in [1.54, 1.807) is 0 Å². The van der Waals surface area contributed by atoms with Gasteiger partial charge in [0.1, 0.15) is 6.61 Å². The first-order valence-corrected chi connectivity index (χ1v) is 9.18. The minimum absolute atomic E-state index is 0.0124. The summed E-state index contributed by atoms with van der Waals surface area (Å²) in [4.78, 5) is 33.5. The number of hydrogen-bond donors (Lipinski definition) is 1. The SMILES string of the molecule is CC(=O)OCC(CCCCCNC(=O)OCc1ccccc1)COC(C)=O. The lowest BCUT2D eigenvalue weighted by molar-refractivity contribution is -0.146. The van der Waals surface area contributed by atoms with Crippen LogP contribution in [0, 0.1) is 5.92 Å². The van der Waals surface area contributed by atoms with Gasteiger partial charge in [0, 0.05) is 26.3 Å². The van der Waals surface area contributed by atoms with Gasteiger partial charge in [-0.2, -0.15) is 0 Å². The van der Waals surface area contributed by atoms with E-state index in [0.717, 1.165) is 31.2 Å². The molecule has 0 spiro atoms. The van der Waals surface area contributed by atoms with Crippen LogP contribution in [0.25, 0.3) is 0 Å². The van der Waals surface area contributed by atoms with E-state index in [0.29, 0.717) is 6.54 Å². The number of alkyl carbamates (subject to hydrolysis) is 1. The second-order valence-corrected chi connectivity index (χ2v) is 6.31. The fourth-order valence-electron chi connectivity index (χ4n) is 2.38. The number of nitrogens with one attached hydrogen (secondary N) is 1. The van der Waals surface area contributed by atoms with Crippen LogP contribution in [0.3, 0.4) is 0 Å². The highest BCUT2D eigenvalue weighted by Crippen LogP contribution is 2.12. The Balaban J connectivity index is 2.11. The Labute approximate surface area is 160 Å². The van der Waals surface area contributed by atoms with E-state index < -0.39 is 6.09 Å². The molecule has 27 heavy (non-hydrogen) atoms. The molecule has 0 saturated heterocycles. The third-order valence-corrected chi connectivity index (χ3v) is 3.82. The molecule has 0 saturated carbocycles. The van der Waals surface area contributed by atoms with Crippen molar-refractivity contribution in [3.63, 3.8) is 0 Å². The first kappa shape index (κ1) is 22.5. The highest BCUT2D eigenvalue weighted by Gasteiger charge is 2.12. The minimum Gasteiger partial charge on any atom is -0.465 e. The van der Waals surface area contributed by atoms with E-state index in [4.69, 9.17) is 14.2 Å². The van der Waals surface area contributed by atoms with Crippen LogP contribution in [0.15, 0.2) is 30.3 Å². The number of rotatable bonds is 12. The smallest absolute Gasteiger partial charge is 0.407 e. The fraction of sp³-hybridized carbons (Fsp3) is 0.550. The maximum absolute atomic E-state index is 11.6. The van der Waals surface area contributed by atoms with Gasteiger partial charge < -0.3 is 19.5 Å². The van der Waals surface area contributed by atoms with Gasteiger partial charge >= 0.3 is 18.0 Å². The van der Waals surface area contributed by atoms with E-state index in [2.05, 4.69) is 5.32 Å². The predicted octanol–water partition coefficient (Wildman–Crippen LogP) is 3.22. The van der Waals surface area contributed by atoms with Crippen LogP contribution in [0.2, 0.25) is 0 Å². The Hall–Kier alpha value is -2.57. The number of benzene rings is 1. The van der Waals surface area contributed by atoms with Crippen LogP contribution >= 0.6 is 0 Å². The van der Waals surface area contributed by atoms with E-state index in [1.165, 1.54) is 13.8 Å². The third kappa shape index (κ3) is 12.4. The van der Waals surface area contributed by atoms with Crippen LogP contribution in [0.5, 0.6) is 0 Å². The van der Waals surface area contributed by atoms with Gasteiger partial charge in [-0.15, -0.1) is 0 Å². The Kier molecular flexibility index (Phi) is 11.3. The second kappa shape index (κ2) is 13.6. The van der Waals surface area contributed by atoms with Crippen LogP contribution in [0.1, 0.15) is 45.1 Å². The highest BCUT2D eigenvalue weighted by atomic mass is 16.6. The average Bonchev–Trinajstić information content (AvgIpc) is 2.64. The topological polar surface area (TPSA) is 90.9 Å². The summed E-state index contributed by atoms with van der Waals surface area (Å²) in [5, 5.41) is 2.72. The molecule has 0 unspecified atom stereocenters. The predicted molar refractivity (Wildman–Crippen MR) is 99.9 cm³/mol. The van der Waals surface area contributed by atoms with E-state index >= 15 is 0 Å². The summed E-state index contributed by atoms with van der Waals surface area (Å²) >= 11 is 0. The van der Waals surface area contributed by atoms with Crippen LogP contribution in [-0.2, 0) is 30.4 Å². The van der Waals surface area contributed by atoms with Crippen molar-refractivity contribution in [2.75, 3.05) is 19.8 Å². The molecule has 0 fully saturated rings. The maximum Gasteiger partial charge on any atom is 0.407 e. The lowest BCUT2D eigenvalue weighted by atomic mass is 10.0. The molecule has 150 valence electrons. The van der Waals surface area contributed by atoms with Crippen molar-refractivity contribution in [3.8, 4) is 0 Å². The minimum atomic E-state index is -0.429. The zero-order chi connectivity index (χ0) is 19.9. The van der Waals surface area contributed by atoms with Crippen LogP contribution < -0.4 is 5.32 Å². The van der Waals surface area contributed by atoms with Crippen molar-refractivity contribution >= 4 is 18.0 Å². The number of carbonyl (C=O) groups is 3. The zero-order valence-corrected chi connectivity index (χ0v) is 16.1. The lowest BCUT2D eigenvalue weighted by Gasteiger charge is -2.16. The van der Waals surface area contributed by atoms with Gasteiger partial charge in [-0.25, -0.2) is 4.79 Å². The summed E-state index contributed by atoms with van der Waals surface area (Å²) in [6.07, 6.45) is 2.94. The van der Waals surface area contributed by atoms with E-state index in [9.17, 15) is 14.4 Å². The van der Waals surface area contributed by atoms with Gasteiger partial charge in [0.05, 0.1) is 13.2 Å². The lowest BCUT2D eigenvalue weighted by Crippen LogP contribution is -2.25. The van der Waals surface area contributed by atoms with Crippen molar-refractivity contribution < 1.29 is 28.6 Å². The molecular formula is C20H29NO6. The van der Waals surface area contributed by atoms with Crippen LogP contribution in [-0.4, -0.2) is 37.8 Å². The average molecular weight is 379 g/mol. The Morgan fingerprint density at radius 3 is 2.11 bits per heavy atom. The largest absolute Gasteiger partial charge is 0.465 e. The Morgan fingerprint density at radius 2 is 1.52 bits per heavy atom. The highest BCUT2D eigenvalue weighted by molar-refractivity contribution is 5.67. The molecule has 1 amide bonds. The van der Waals surface area contributed by atoms with Crippen molar-refractivity contribution in [2.24, 2.45) is 5.92 Å². The van der Waals surface area contributed by atoms with Gasteiger partial charge in [-0.3, -0.25) is 9.59 Å². The fourth-order valence-corrected chi connectivity index (χ4v) is 2.38. The molecule has 7 nitrogen and oxygen atoms in total. The Morgan fingerprint density at radius 1 is 0.889 bits per heavy atom. The Bertz CT molecular complexity index is 557. The standard InChI is InChI=1S/C20H29NO6/c1-16(22)25-14-19(15-26-17(2)23)11-7-4-8-12-21-20(24)27-13-18-9-5-3-6-10-18/h3,5-6,9-10,19H,4,7-8,11-15H2,1-2H3,(H,21,24). The van der Waals surface area contributed by atoms with Gasteiger partial charge in [0.2, 0.25) is 0 Å². The molecule has 1 N–H and O–H groups in total. The summed E-state index contributed by atoms with van der Waals surface area (Å²) in [6, 6.07) is 9.50. The molecule has 1 aromatic rings. The molecule has 0 aromatic heterocycles. The maximum atomic E-state index is 11.6. The number of esters is 2. The molecule has 0 atom stereocenters. The monoisotopic (exact) mass is 379 g/mol. The first-order chi connectivity index (χ1) is 13.0. The van der Waals surface area contributed by atoms with Gasteiger partial charge in [0.25, 0.3) is 0 Å². The number of carbonyl (C=O) groups excluding carboxylic acids is 3. The van der Waals surface area contributed by atoms with Gasteiger partial charge in [-0.05, 0) is 18.4 Å². The normalized spacial score (nSPS) is 10.3. The van der Waals surface area contributed by atoms with Crippen LogP contribution in [0.4, 0.5) is 4.79 Å². The number of amides is 1. The second-order valence-electron chi connectivity index (χ2n) is 6.31.